The lowest BCUT2D eigenvalue weighted by Crippen LogP contribution is -2.43. The highest BCUT2D eigenvalue weighted by Gasteiger charge is 2.14. The van der Waals surface area contributed by atoms with Crippen molar-refractivity contribution in [3.63, 3.8) is 0 Å². The molecule has 2 N–H and O–H groups in total. The van der Waals surface area contributed by atoms with Gasteiger partial charge >= 0.3 is 0 Å². The van der Waals surface area contributed by atoms with E-state index < -0.39 is 0 Å². The van der Waals surface area contributed by atoms with Crippen molar-refractivity contribution in [1.82, 2.24) is 20.6 Å². The molecule has 0 aliphatic heterocycles. The number of hydrogen-bond donors (Lipinski definition) is 2. The van der Waals surface area contributed by atoms with Crippen molar-refractivity contribution >= 4 is 29.9 Å². The molecule has 1 aromatic heterocycles. The molecule has 2 rings (SSSR count). The molecule has 1 aliphatic rings. The number of aryl methyl sites for hydroxylation is 1. The largest absolute Gasteiger partial charge is 0.354 e. The SMILES string of the molecule is CN=C(NCc1ccnc(C)n1)NC1CCCCC1.I. The van der Waals surface area contributed by atoms with E-state index in [0.717, 1.165) is 17.5 Å². The van der Waals surface area contributed by atoms with Gasteiger partial charge in [0.05, 0.1) is 12.2 Å². The molecule has 0 radical (unpaired) electrons. The van der Waals surface area contributed by atoms with Crippen LogP contribution in [0.3, 0.4) is 0 Å². The number of nitrogens with one attached hydrogen (secondary N) is 2. The summed E-state index contributed by atoms with van der Waals surface area (Å²) in [4.78, 5) is 12.7. The minimum atomic E-state index is 0. The third-order valence-electron chi connectivity index (χ3n) is 3.44. The Balaban J connectivity index is 0.00000200. The molecular formula is C14H24IN5. The average molecular weight is 389 g/mol. The Morgan fingerprint density at radius 3 is 2.75 bits per heavy atom. The van der Waals surface area contributed by atoms with E-state index in [0.29, 0.717) is 12.6 Å². The van der Waals surface area contributed by atoms with Gasteiger partial charge in [0.1, 0.15) is 5.82 Å². The van der Waals surface area contributed by atoms with Gasteiger partial charge in [-0.1, -0.05) is 19.3 Å². The van der Waals surface area contributed by atoms with E-state index in [9.17, 15) is 0 Å². The van der Waals surface area contributed by atoms with Gasteiger partial charge in [-0.3, -0.25) is 4.99 Å². The normalized spacial score (nSPS) is 16.4. The van der Waals surface area contributed by atoms with Gasteiger partial charge in [-0.2, -0.15) is 0 Å². The van der Waals surface area contributed by atoms with Crippen molar-refractivity contribution in [2.24, 2.45) is 4.99 Å². The lowest BCUT2D eigenvalue weighted by Gasteiger charge is -2.24. The van der Waals surface area contributed by atoms with Crippen molar-refractivity contribution in [1.29, 1.82) is 0 Å². The maximum absolute atomic E-state index is 4.37. The molecule has 0 spiro atoms. The molecule has 1 fully saturated rings. The molecule has 0 amide bonds. The fraction of sp³-hybridized carbons (Fsp3) is 0.643. The van der Waals surface area contributed by atoms with Crippen LogP contribution in [-0.4, -0.2) is 29.0 Å². The molecule has 6 heteroatoms. The highest BCUT2D eigenvalue weighted by Crippen LogP contribution is 2.17. The van der Waals surface area contributed by atoms with Crippen LogP contribution in [0, 0.1) is 6.92 Å². The van der Waals surface area contributed by atoms with Crippen LogP contribution >= 0.6 is 24.0 Å². The minimum Gasteiger partial charge on any atom is -0.354 e. The molecule has 20 heavy (non-hydrogen) atoms. The fourth-order valence-corrected chi connectivity index (χ4v) is 2.41. The molecular weight excluding hydrogens is 365 g/mol. The summed E-state index contributed by atoms with van der Waals surface area (Å²) in [6.07, 6.45) is 8.28. The lowest BCUT2D eigenvalue weighted by molar-refractivity contribution is 0.410. The van der Waals surface area contributed by atoms with Crippen LogP contribution in [-0.2, 0) is 6.54 Å². The summed E-state index contributed by atoms with van der Waals surface area (Å²) < 4.78 is 0. The summed E-state index contributed by atoms with van der Waals surface area (Å²) in [5.41, 5.74) is 0.985. The first-order valence-corrected chi connectivity index (χ1v) is 7.03. The van der Waals surface area contributed by atoms with Gasteiger partial charge in [0.15, 0.2) is 5.96 Å². The van der Waals surface area contributed by atoms with Gasteiger partial charge in [0.2, 0.25) is 0 Å². The molecule has 1 aliphatic carbocycles. The van der Waals surface area contributed by atoms with Gasteiger partial charge in [-0.05, 0) is 25.8 Å². The molecule has 0 unspecified atom stereocenters. The Labute approximate surface area is 138 Å². The molecule has 5 nitrogen and oxygen atoms in total. The summed E-state index contributed by atoms with van der Waals surface area (Å²) in [5.74, 6) is 1.66. The highest BCUT2D eigenvalue weighted by molar-refractivity contribution is 14.0. The van der Waals surface area contributed by atoms with Crippen molar-refractivity contribution in [2.75, 3.05) is 7.05 Å². The van der Waals surface area contributed by atoms with Gasteiger partial charge < -0.3 is 10.6 Å². The Bertz CT molecular complexity index is 429. The highest BCUT2D eigenvalue weighted by atomic mass is 127. The van der Waals surface area contributed by atoms with Crippen LogP contribution in [0.5, 0.6) is 0 Å². The van der Waals surface area contributed by atoms with Crippen LogP contribution in [0.25, 0.3) is 0 Å². The topological polar surface area (TPSA) is 62.2 Å². The smallest absolute Gasteiger partial charge is 0.191 e. The van der Waals surface area contributed by atoms with E-state index in [1.54, 1.807) is 6.20 Å². The number of hydrogen-bond acceptors (Lipinski definition) is 3. The summed E-state index contributed by atoms with van der Waals surface area (Å²) >= 11 is 0. The quantitative estimate of drug-likeness (QED) is 0.474. The Morgan fingerprint density at radius 2 is 2.10 bits per heavy atom. The van der Waals surface area contributed by atoms with E-state index in [4.69, 9.17) is 0 Å². The minimum absolute atomic E-state index is 0. The van der Waals surface area contributed by atoms with E-state index >= 15 is 0 Å². The van der Waals surface area contributed by atoms with Gasteiger partial charge in [-0.25, -0.2) is 9.97 Å². The Hall–Kier alpha value is -0.920. The van der Waals surface area contributed by atoms with Crippen LogP contribution < -0.4 is 10.6 Å². The first-order valence-electron chi connectivity index (χ1n) is 7.03. The van der Waals surface area contributed by atoms with Crippen LogP contribution in [0.4, 0.5) is 0 Å². The predicted molar refractivity (Wildman–Crippen MR) is 92.4 cm³/mol. The van der Waals surface area contributed by atoms with Gasteiger partial charge in [0.25, 0.3) is 0 Å². The molecule has 1 heterocycles. The van der Waals surface area contributed by atoms with E-state index in [-0.39, 0.29) is 24.0 Å². The number of aliphatic imine (C=N–C) groups is 1. The van der Waals surface area contributed by atoms with Crippen LogP contribution in [0.15, 0.2) is 17.3 Å². The van der Waals surface area contributed by atoms with Crippen molar-refractivity contribution in [3.05, 3.63) is 23.8 Å². The summed E-state index contributed by atoms with van der Waals surface area (Å²) in [7, 11) is 1.81. The summed E-state index contributed by atoms with van der Waals surface area (Å²) in [5, 5.41) is 6.79. The maximum Gasteiger partial charge on any atom is 0.191 e. The standard InChI is InChI=1S/C14H23N5.HI/c1-11-16-9-8-13(18-11)10-17-14(15-2)19-12-6-4-3-5-7-12;/h8-9,12H,3-7,10H2,1-2H3,(H2,15,17,19);1H. The predicted octanol–water partition coefficient (Wildman–Crippen LogP) is 2.40. The van der Waals surface area contributed by atoms with Crippen molar-refractivity contribution < 1.29 is 0 Å². The second-order valence-corrected chi connectivity index (χ2v) is 5.00. The second kappa shape index (κ2) is 9.10. The first-order chi connectivity index (χ1) is 9.28. The van der Waals surface area contributed by atoms with Crippen molar-refractivity contribution in [3.8, 4) is 0 Å². The molecule has 0 bridgehead atoms. The monoisotopic (exact) mass is 389 g/mol. The second-order valence-electron chi connectivity index (χ2n) is 5.00. The number of rotatable bonds is 3. The average Bonchev–Trinajstić information content (AvgIpc) is 2.44. The summed E-state index contributed by atoms with van der Waals surface area (Å²) in [6.45, 7) is 2.58. The van der Waals surface area contributed by atoms with Gasteiger partial charge in [0, 0.05) is 19.3 Å². The van der Waals surface area contributed by atoms with Crippen LogP contribution in [0.1, 0.15) is 43.6 Å². The van der Waals surface area contributed by atoms with E-state index in [1.165, 1.54) is 32.1 Å². The number of halogens is 1. The van der Waals surface area contributed by atoms with Crippen LogP contribution in [0.2, 0.25) is 0 Å². The maximum atomic E-state index is 4.37. The molecule has 112 valence electrons. The van der Waals surface area contributed by atoms with Gasteiger partial charge in [-0.15, -0.1) is 24.0 Å². The zero-order valence-corrected chi connectivity index (χ0v) is 14.6. The molecule has 1 aromatic rings. The first kappa shape index (κ1) is 17.1. The number of guanidine groups is 1. The summed E-state index contributed by atoms with van der Waals surface area (Å²) in [6, 6.07) is 2.49. The zero-order chi connectivity index (χ0) is 13.5. The number of aromatic nitrogens is 2. The molecule has 1 saturated carbocycles. The Morgan fingerprint density at radius 1 is 1.35 bits per heavy atom. The number of nitrogens with zero attached hydrogens (tertiary/aromatic N) is 3. The van der Waals surface area contributed by atoms with E-state index in [2.05, 4.69) is 25.6 Å². The molecule has 0 aromatic carbocycles. The lowest BCUT2D eigenvalue weighted by atomic mass is 9.96. The fourth-order valence-electron chi connectivity index (χ4n) is 2.41. The van der Waals surface area contributed by atoms with E-state index in [1.807, 2.05) is 20.0 Å². The third kappa shape index (κ3) is 5.60. The van der Waals surface area contributed by atoms with Crippen molar-refractivity contribution in [2.45, 2.75) is 51.6 Å². The molecule has 0 atom stereocenters. The molecule has 0 saturated heterocycles. The third-order valence-corrected chi connectivity index (χ3v) is 3.44. The Kier molecular flexibility index (Phi) is 7.79. The zero-order valence-electron chi connectivity index (χ0n) is 12.2.